The van der Waals surface area contributed by atoms with Crippen LogP contribution < -0.4 is 10.2 Å². The van der Waals surface area contributed by atoms with Crippen molar-refractivity contribution in [3.63, 3.8) is 0 Å². The van der Waals surface area contributed by atoms with E-state index in [1.54, 1.807) is 18.2 Å². The Bertz CT molecular complexity index is 965. The number of aromatic nitrogens is 2. The number of rotatable bonds is 6. The minimum atomic E-state index is -0.418. The number of hydrogen-bond donors (Lipinski definition) is 3. The zero-order valence-electron chi connectivity index (χ0n) is 15.1. The second-order valence-electron chi connectivity index (χ2n) is 5.76. The minimum Gasteiger partial charge on any atom is -0.504 e. The quantitative estimate of drug-likeness (QED) is 0.462. The fourth-order valence-corrected chi connectivity index (χ4v) is 2.63. The molecule has 27 heavy (non-hydrogen) atoms. The van der Waals surface area contributed by atoms with Crippen molar-refractivity contribution in [3.05, 3.63) is 65.4 Å². The number of hydrogen-bond acceptors (Lipinski definition) is 5. The Morgan fingerprint density at radius 1 is 1.26 bits per heavy atom. The predicted octanol–water partition coefficient (Wildman–Crippen LogP) is 3.25. The van der Waals surface area contributed by atoms with Crippen LogP contribution in [0.15, 0.2) is 53.6 Å². The molecule has 3 N–H and O–H groups in total. The van der Waals surface area contributed by atoms with Crippen molar-refractivity contribution in [2.24, 2.45) is 5.10 Å². The van der Waals surface area contributed by atoms with Gasteiger partial charge in [-0.05, 0) is 26.0 Å². The molecule has 3 aromatic rings. The molecule has 3 rings (SSSR count). The normalized spacial score (nSPS) is 10.9. The topological polar surface area (TPSA) is 99.6 Å². The van der Waals surface area contributed by atoms with E-state index in [0.717, 1.165) is 11.1 Å². The summed E-state index contributed by atoms with van der Waals surface area (Å²) in [5.41, 5.74) is 5.58. The molecule has 138 valence electrons. The van der Waals surface area contributed by atoms with E-state index in [-0.39, 0.29) is 5.75 Å². The average molecular weight is 364 g/mol. The van der Waals surface area contributed by atoms with E-state index in [9.17, 15) is 9.90 Å². The Morgan fingerprint density at radius 2 is 2.04 bits per heavy atom. The summed E-state index contributed by atoms with van der Waals surface area (Å²) in [5.74, 6) is -0.0787. The fourth-order valence-electron chi connectivity index (χ4n) is 2.63. The maximum atomic E-state index is 12.4. The number of amides is 1. The third-order valence-corrected chi connectivity index (χ3v) is 3.98. The number of para-hydroxylation sites is 1. The van der Waals surface area contributed by atoms with E-state index in [2.05, 4.69) is 20.7 Å². The van der Waals surface area contributed by atoms with E-state index >= 15 is 0 Å². The summed E-state index contributed by atoms with van der Waals surface area (Å²) in [6, 6.07) is 14.7. The number of carbonyl (C=O) groups is 1. The molecular weight excluding hydrogens is 344 g/mol. The molecule has 0 atom stereocenters. The second kappa shape index (κ2) is 8.18. The standard InChI is InChI=1S/C20H20N4O3/c1-3-27-16-11-7-10-15(19(16)25)12-21-24-20(26)18-13(2)17(22-23-18)14-8-5-4-6-9-14/h4-12,25H,3H2,1-2H3,(H,22,23)(H,24,26)/b21-12-. The summed E-state index contributed by atoms with van der Waals surface area (Å²) < 4.78 is 5.32. The molecule has 0 aliphatic heterocycles. The first-order chi connectivity index (χ1) is 13.1. The maximum Gasteiger partial charge on any atom is 0.289 e. The van der Waals surface area contributed by atoms with Gasteiger partial charge in [0.25, 0.3) is 5.91 Å². The first-order valence-electron chi connectivity index (χ1n) is 8.50. The van der Waals surface area contributed by atoms with Gasteiger partial charge in [-0.15, -0.1) is 0 Å². The first-order valence-corrected chi connectivity index (χ1v) is 8.50. The van der Waals surface area contributed by atoms with Gasteiger partial charge in [-0.25, -0.2) is 5.43 Å². The van der Waals surface area contributed by atoms with Crippen molar-refractivity contribution in [3.8, 4) is 22.8 Å². The van der Waals surface area contributed by atoms with Crippen LogP contribution in [0, 0.1) is 6.92 Å². The third kappa shape index (κ3) is 3.98. The molecule has 0 radical (unpaired) electrons. The lowest BCUT2D eigenvalue weighted by atomic mass is 10.1. The number of ether oxygens (including phenoxy) is 1. The van der Waals surface area contributed by atoms with Crippen LogP contribution >= 0.6 is 0 Å². The number of hydrazone groups is 1. The van der Waals surface area contributed by atoms with Gasteiger partial charge in [0.1, 0.15) is 5.69 Å². The molecule has 0 aliphatic rings. The Morgan fingerprint density at radius 3 is 2.78 bits per heavy atom. The zero-order valence-corrected chi connectivity index (χ0v) is 15.1. The Labute approximate surface area is 156 Å². The van der Waals surface area contributed by atoms with Gasteiger partial charge >= 0.3 is 0 Å². The van der Waals surface area contributed by atoms with Crippen molar-refractivity contribution in [2.75, 3.05) is 6.61 Å². The van der Waals surface area contributed by atoms with Crippen LogP contribution in [0.4, 0.5) is 0 Å². The van der Waals surface area contributed by atoms with Crippen molar-refractivity contribution in [1.82, 2.24) is 15.6 Å². The van der Waals surface area contributed by atoms with Crippen molar-refractivity contribution in [1.29, 1.82) is 0 Å². The second-order valence-corrected chi connectivity index (χ2v) is 5.76. The van der Waals surface area contributed by atoms with Crippen molar-refractivity contribution >= 4 is 12.1 Å². The molecule has 1 heterocycles. The summed E-state index contributed by atoms with van der Waals surface area (Å²) in [5, 5.41) is 21.0. The number of aromatic hydroxyl groups is 1. The number of benzene rings is 2. The summed E-state index contributed by atoms with van der Waals surface area (Å²) in [6.45, 7) is 4.09. The van der Waals surface area contributed by atoms with Crippen LogP contribution in [0.1, 0.15) is 28.5 Å². The summed E-state index contributed by atoms with van der Waals surface area (Å²) in [6.07, 6.45) is 1.36. The highest BCUT2D eigenvalue weighted by Gasteiger charge is 2.16. The molecule has 0 saturated carbocycles. The van der Waals surface area contributed by atoms with Crippen LogP contribution in [-0.2, 0) is 0 Å². The lowest BCUT2D eigenvalue weighted by molar-refractivity contribution is 0.0949. The Kier molecular flexibility index (Phi) is 5.51. The minimum absolute atomic E-state index is 0.0265. The number of phenols is 1. The number of nitrogens with one attached hydrogen (secondary N) is 2. The predicted molar refractivity (Wildman–Crippen MR) is 103 cm³/mol. The van der Waals surface area contributed by atoms with E-state index < -0.39 is 5.91 Å². The van der Waals surface area contributed by atoms with Crippen LogP contribution in [0.3, 0.4) is 0 Å². The molecule has 7 nitrogen and oxygen atoms in total. The van der Waals surface area contributed by atoms with Gasteiger partial charge in [0, 0.05) is 16.7 Å². The van der Waals surface area contributed by atoms with Gasteiger partial charge in [0.2, 0.25) is 0 Å². The molecule has 2 aromatic carbocycles. The summed E-state index contributed by atoms with van der Waals surface area (Å²) >= 11 is 0. The lowest BCUT2D eigenvalue weighted by Crippen LogP contribution is -2.19. The number of H-pyrrole nitrogens is 1. The first kappa shape index (κ1) is 18.2. The average Bonchev–Trinajstić information content (AvgIpc) is 3.07. The molecule has 0 aliphatic carbocycles. The number of nitrogens with zero attached hydrogens (tertiary/aromatic N) is 2. The molecule has 0 fully saturated rings. The molecule has 7 heteroatoms. The molecule has 1 amide bonds. The van der Waals surface area contributed by atoms with Gasteiger partial charge in [-0.1, -0.05) is 36.4 Å². The third-order valence-electron chi connectivity index (χ3n) is 3.98. The van der Waals surface area contributed by atoms with Gasteiger partial charge in [-0.2, -0.15) is 10.2 Å². The van der Waals surface area contributed by atoms with E-state index in [1.165, 1.54) is 6.21 Å². The van der Waals surface area contributed by atoms with Crippen LogP contribution in [0.5, 0.6) is 11.5 Å². The largest absolute Gasteiger partial charge is 0.504 e. The Balaban J connectivity index is 1.73. The van der Waals surface area contributed by atoms with Gasteiger partial charge in [0.15, 0.2) is 11.5 Å². The van der Waals surface area contributed by atoms with Crippen LogP contribution in [-0.4, -0.2) is 34.0 Å². The number of aromatic amines is 1. The highest BCUT2D eigenvalue weighted by atomic mass is 16.5. The van der Waals surface area contributed by atoms with Gasteiger partial charge < -0.3 is 9.84 Å². The van der Waals surface area contributed by atoms with Crippen LogP contribution in [0.2, 0.25) is 0 Å². The molecular formula is C20H20N4O3. The van der Waals surface area contributed by atoms with Crippen LogP contribution in [0.25, 0.3) is 11.3 Å². The maximum absolute atomic E-state index is 12.4. The number of phenolic OH excluding ortho intramolecular Hbond substituents is 1. The van der Waals surface area contributed by atoms with E-state index in [1.807, 2.05) is 44.2 Å². The van der Waals surface area contributed by atoms with E-state index in [4.69, 9.17) is 4.74 Å². The number of carbonyl (C=O) groups excluding carboxylic acids is 1. The molecule has 1 aromatic heterocycles. The highest BCUT2D eigenvalue weighted by Crippen LogP contribution is 2.28. The van der Waals surface area contributed by atoms with Crippen molar-refractivity contribution < 1.29 is 14.6 Å². The molecule has 0 spiro atoms. The summed E-state index contributed by atoms with van der Waals surface area (Å²) in [4.78, 5) is 12.4. The van der Waals surface area contributed by atoms with Gasteiger partial charge in [-0.3, -0.25) is 9.89 Å². The molecule has 0 unspecified atom stereocenters. The lowest BCUT2D eigenvalue weighted by Gasteiger charge is -2.07. The SMILES string of the molecule is CCOc1cccc(/C=N\NC(=O)c2[nH]nc(-c3ccccc3)c2C)c1O. The molecule has 0 bridgehead atoms. The summed E-state index contributed by atoms with van der Waals surface area (Å²) in [7, 11) is 0. The fraction of sp³-hybridized carbons (Fsp3) is 0.150. The molecule has 0 saturated heterocycles. The van der Waals surface area contributed by atoms with Gasteiger partial charge in [0.05, 0.1) is 18.5 Å². The van der Waals surface area contributed by atoms with Crippen molar-refractivity contribution in [2.45, 2.75) is 13.8 Å². The monoisotopic (exact) mass is 364 g/mol. The Hall–Kier alpha value is -3.61. The smallest absolute Gasteiger partial charge is 0.289 e. The van der Waals surface area contributed by atoms with E-state index in [0.29, 0.717) is 29.3 Å². The zero-order chi connectivity index (χ0) is 19.2. The highest BCUT2D eigenvalue weighted by molar-refractivity contribution is 5.96.